The van der Waals surface area contributed by atoms with E-state index in [1.54, 1.807) is 19.2 Å². The van der Waals surface area contributed by atoms with Gasteiger partial charge in [-0.2, -0.15) is 0 Å². The van der Waals surface area contributed by atoms with E-state index in [9.17, 15) is 4.39 Å². The van der Waals surface area contributed by atoms with Gasteiger partial charge in [-0.3, -0.25) is 4.90 Å². The standard InChI is InChI=1S/C14H17FN2O2/c1-10(14-6-7-19-16-14)17(2)9-11-8-12(18-3)4-5-13(11)15/h4-8,10H,9H2,1-3H3/t10-/m1/s1. The molecule has 0 radical (unpaired) electrons. The van der Waals surface area contributed by atoms with Gasteiger partial charge in [0.05, 0.1) is 13.2 Å². The lowest BCUT2D eigenvalue weighted by molar-refractivity contribution is 0.237. The minimum atomic E-state index is -0.236. The number of benzene rings is 1. The number of aromatic nitrogens is 1. The third-order valence-electron chi connectivity index (χ3n) is 3.22. The Morgan fingerprint density at radius 3 is 2.84 bits per heavy atom. The van der Waals surface area contributed by atoms with Crippen LogP contribution in [0, 0.1) is 5.82 Å². The molecule has 0 N–H and O–H groups in total. The van der Waals surface area contributed by atoms with Crippen molar-refractivity contribution in [2.24, 2.45) is 0 Å². The molecule has 102 valence electrons. The van der Waals surface area contributed by atoms with E-state index in [2.05, 4.69) is 5.16 Å². The van der Waals surface area contributed by atoms with Crippen LogP contribution in [-0.4, -0.2) is 24.2 Å². The molecule has 0 unspecified atom stereocenters. The van der Waals surface area contributed by atoms with Crippen LogP contribution in [0.15, 0.2) is 35.1 Å². The average Bonchev–Trinajstić information content (AvgIpc) is 2.94. The minimum absolute atomic E-state index is 0.0457. The molecule has 1 aromatic heterocycles. The second-order valence-electron chi connectivity index (χ2n) is 4.47. The zero-order valence-corrected chi connectivity index (χ0v) is 11.3. The first kappa shape index (κ1) is 13.5. The van der Waals surface area contributed by atoms with E-state index in [0.717, 1.165) is 5.69 Å². The summed E-state index contributed by atoms with van der Waals surface area (Å²) in [5.41, 5.74) is 1.42. The highest BCUT2D eigenvalue weighted by atomic mass is 19.1. The molecule has 0 bridgehead atoms. The summed E-state index contributed by atoms with van der Waals surface area (Å²) in [6.45, 7) is 2.47. The Kier molecular flexibility index (Phi) is 4.16. The smallest absolute Gasteiger partial charge is 0.127 e. The summed E-state index contributed by atoms with van der Waals surface area (Å²) < 4.78 is 23.7. The van der Waals surface area contributed by atoms with Crippen LogP contribution < -0.4 is 4.74 Å². The SMILES string of the molecule is COc1ccc(F)c(CN(C)[C@H](C)c2ccon2)c1. The number of methoxy groups -OCH3 is 1. The lowest BCUT2D eigenvalue weighted by Gasteiger charge is -2.23. The third-order valence-corrected chi connectivity index (χ3v) is 3.22. The van der Waals surface area contributed by atoms with E-state index < -0.39 is 0 Å². The van der Waals surface area contributed by atoms with E-state index in [-0.39, 0.29) is 11.9 Å². The van der Waals surface area contributed by atoms with Crippen LogP contribution in [0.25, 0.3) is 0 Å². The van der Waals surface area contributed by atoms with Crippen molar-refractivity contribution in [1.82, 2.24) is 10.1 Å². The molecule has 2 aromatic rings. The summed E-state index contributed by atoms with van der Waals surface area (Å²) in [5.74, 6) is 0.416. The highest BCUT2D eigenvalue weighted by Gasteiger charge is 2.16. The van der Waals surface area contributed by atoms with Gasteiger partial charge < -0.3 is 9.26 Å². The molecule has 5 heteroatoms. The monoisotopic (exact) mass is 264 g/mol. The van der Waals surface area contributed by atoms with Gasteiger partial charge in [-0.25, -0.2) is 4.39 Å². The fourth-order valence-electron chi connectivity index (χ4n) is 1.87. The summed E-state index contributed by atoms with van der Waals surface area (Å²) in [6.07, 6.45) is 1.53. The lowest BCUT2D eigenvalue weighted by atomic mass is 10.1. The van der Waals surface area contributed by atoms with Crippen molar-refractivity contribution in [2.75, 3.05) is 14.2 Å². The lowest BCUT2D eigenvalue weighted by Crippen LogP contribution is -2.22. The van der Waals surface area contributed by atoms with Gasteiger partial charge in [-0.05, 0) is 32.2 Å². The van der Waals surface area contributed by atoms with Gasteiger partial charge in [0.25, 0.3) is 0 Å². The summed E-state index contributed by atoms with van der Waals surface area (Å²) >= 11 is 0. The molecule has 0 aliphatic rings. The maximum absolute atomic E-state index is 13.8. The van der Waals surface area contributed by atoms with E-state index in [1.807, 2.05) is 24.9 Å². The maximum Gasteiger partial charge on any atom is 0.127 e. The number of hydrogen-bond acceptors (Lipinski definition) is 4. The molecular formula is C14H17FN2O2. The minimum Gasteiger partial charge on any atom is -0.497 e. The second-order valence-corrected chi connectivity index (χ2v) is 4.47. The maximum atomic E-state index is 13.8. The van der Waals surface area contributed by atoms with Gasteiger partial charge >= 0.3 is 0 Å². The predicted molar refractivity (Wildman–Crippen MR) is 69.3 cm³/mol. The molecule has 0 aliphatic carbocycles. The first-order valence-electron chi connectivity index (χ1n) is 6.04. The van der Waals surface area contributed by atoms with Crippen LogP contribution in [0.2, 0.25) is 0 Å². The van der Waals surface area contributed by atoms with Crippen molar-refractivity contribution in [3.63, 3.8) is 0 Å². The second kappa shape index (κ2) is 5.84. The molecule has 1 atom stereocenters. The zero-order valence-electron chi connectivity index (χ0n) is 11.3. The van der Waals surface area contributed by atoms with Crippen molar-refractivity contribution in [3.05, 3.63) is 47.6 Å². The Morgan fingerprint density at radius 2 is 2.21 bits per heavy atom. The molecular weight excluding hydrogens is 247 g/mol. The molecule has 0 saturated carbocycles. The zero-order chi connectivity index (χ0) is 13.8. The summed E-state index contributed by atoms with van der Waals surface area (Å²) in [7, 11) is 3.48. The van der Waals surface area contributed by atoms with Crippen LogP contribution in [0.3, 0.4) is 0 Å². The quantitative estimate of drug-likeness (QED) is 0.832. The number of rotatable bonds is 5. The van der Waals surface area contributed by atoms with E-state index >= 15 is 0 Å². The fourth-order valence-corrected chi connectivity index (χ4v) is 1.87. The highest BCUT2D eigenvalue weighted by molar-refractivity contribution is 5.29. The molecule has 0 amide bonds. The van der Waals surface area contributed by atoms with Gasteiger partial charge in [0.2, 0.25) is 0 Å². The predicted octanol–water partition coefficient (Wildman–Crippen LogP) is 3.02. The van der Waals surface area contributed by atoms with Crippen LogP contribution >= 0.6 is 0 Å². The molecule has 19 heavy (non-hydrogen) atoms. The van der Waals surface area contributed by atoms with Crippen LogP contribution in [0.1, 0.15) is 24.2 Å². The molecule has 0 saturated heterocycles. The Hall–Kier alpha value is -1.88. The van der Waals surface area contributed by atoms with Gasteiger partial charge in [-0.15, -0.1) is 0 Å². The molecule has 0 aliphatic heterocycles. The largest absolute Gasteiger partial charge is 0.497 e. The number of nitrogens with zero attached hydrogens (tertiary/aromatic N) is 2. The normalized spacial score (nSPS) is 12.7. The van der Waals surface area contributed by atoms with Gasteiger partial charge in [0.1, 0.15) is 23.5 Å². The summed E-state index contributed by atoms with van der Waals surface area (Å²) in [5, 5.41) is 3.90. The molecule has 1 aromatic carbocycles. The fraction of sp³-hybridized carbons (Fsp3) is 0.357. The molecule has 2 rings (SSSR count). The van der Waals surface area contributed by atoms with Gasteiger partial charge in [-0.1, -0.05) is 5.16 Å². The Bertz CT molecular complexity index is 528. The molecule has 4 nitrogen and oxygen atoms in total. The first-order chi connectivity index (χ1) is 9.11. The van der Waals surface area contributed by atoms with Crippen LogP contribution in [-0.2, 0) is 6.54 Å². The Balaban J connectivity index is 2.12. The topological polar surface area (TPSA) is 38.5 Å². The van der Waals surface area contributed by atoms with Crippen molar-refractivity contribution < 1.29 is 13.7 Å². The number of halogens is 1. The van der Waals surface area contributed by atoms with Gasteiger partial charge in [0.15, 0.2) is 0 Å². The summed E-state index contributed by atoms with van der Waals surface area (Å²) in [4.78, 5) is 2.00. The van der Waals surface area contributed by atoms with Crippen molar-refractivity contribution >= 4 is 0 Å². The Morgan fingerprint density at radius 1 is 1.42 bits per heavy atom. The van der Waals surface area contributed by atoms with Crippen LogP contribution in [0.5, 0.6) is 5.75 Å². The van der Waals surface area contributed by atoms with E-state index in [0.29, 0.717) is 17.9 Å². The van der Waals surface area contributed by atoms with E-state index in [4.69, 9.17) is 9.26 Å². The van der Waals surface area contributed by atoms with Crippen LogP contribution in [0.4, 0.5) is 4.39 Å². The van der Waals surface area contributed by atoms with Gasteiger partial charge in [0, 0.05) is 18.2 Å². The van der Waals surface area contributed by atoms with Crippen molar-refractivity contribution in [3.8, 4) is 5.75 Å². The average molecular weight is 264 g/mol. The molecule has 1 heterocycles. The number of hydrogen-bond donors (Lipinski definition) is 0. The van der Waals surface area contributed by atoms with E-state index in [1.165, 1.54) is 12.3 Å². The molecule has 0 fully saturated rings. The molecule has 0 spiro atoms. The third kappa shape index (κ3) is 3.12. The number of ether oxygens (including phenoxy) is 1. The first-order valence-corrected chi connectivity index (χ1v) is 6.04. The van der Waals surface area contributed by atoms with Crippen molar-refractivity contribution in [1.29, 1.82) is 0 Å². The summed E-state index contributed by atoms with van der Waals surface area (Å²) in [6, 6.07) is 6.59. The van der Waals surface area contributed by atoms with Crippen molar-refractivity contribution in [2.45, 2.75) is 19.5 Å². The highest BCUT2D eigenvalue weighted by Crippen LogP contribution is 2.22. The Labute approximate surface area is 111 Å².